The molecule has 2 rings (SSSR count). The Morgan fingerprint density at radius 3 is 2.47 bits per heavy atom. The van der Waals surface area contributed by atoms with Crippen LogP contribution in [0.25, 0.3) is 0 Å². The molecular weight excluding hydrogens is 214 g/mol. The van der Waals surface area contributed by atoms with Crippen LogP contribution in [-0.2, 0) is 6.42 Å². The van der Waals surface area contributed by atoms with E-state index < -0.39 is 0 Å². The first-order chi connectivity index (χ1) is 8.09. The van der Waals surface area contributed by atoms with Gasteiger partial charge >= 0.3 is 0 Å². The van der Waals surface area contributed by atoms with Crippen molar-refractivity contribution in [2.45, 2.75) is 38.1 Å². The van der Waals surface area contributed by atoms with Crippen molar-refractivity contribution in [3.63, 3.8) is 0 Å². The van der Waals surface area contributed by atoms with Crippen LogP contribution in [0.2, 0.25) is 0 Å². The Morgan fingerprint density at radius 2 is 1.94 bits per heavy atom. The molecule has 1 aromatic carbocycles. The molecule has 0 bridgehead atoms. The van der Waals surface area contributed by atoms with Crippen LogP contribution in [0.3, 0.4) is 0 Å². The number of hydrogen-bond donors (Lipinski definition) is 1. The highest BCUT2D eigenvalue weighted by Gasteiger charge is 2.37. The Balaban J connectivity index is 2.24. The number of benzene rings is 1. The zero-order chi connectivity index (χ0) is 12.5. The molecule has 2 N–H and O–H groups in total. The third kappa shape index (κ3) is 2.55. The van der Waals surface area contributed by atoms with Gasteiger partial charge in [0.1, 0.15) is 11.5 Å². The summed E-state index contributed by atoms with van der Waals surface area (Å²) >= 11 is 0. The number of aryl methyl sites for hydroxylation is 1. The Morgan fingerprint density at radius 1 is 1.24 bits per heavy atom. The Bertz CT molecular complexity index is 411. The van der Waals surface area contributed by atoms with Crippen molar-refractivity contribution in [3.8, 4) is 11.5 Å². The maximum absolute atomic E-state index is 6.13. The van der Waals surface area contributed by atoms with Gasteiger partial charge in [0.2, 0.25) is 0 Å². The highest BCUT2D eigenvalue weighted by molar-refractivity contribution is 5.49. The molecule has 0 aromatic heterocycles. The van der Waals surface area contributed by atoms with Crippen LogP contribution in [-0.4, -0.2) is 19.8 Å². The molecule has 1 aliphatic carbocycles. The van der Waals surface area contributed by atoms with E-state index in [0.717, 1.165) is 48.3 Å². The molecule has 0 heterocycles. The SMILES string of the molecule is COc1ccc(C)c(OC)c1CCC1(N)CC1. The molecule has 0 saturated heterocycles. The van der Waals surface area contributed by atoms with E-state index in [4.69, 9.17) is 15.2 Å². The normalized spacial score (nSPS) is 16.7. The molecule has 0 spiro atoms. The number of hydrogen-bond acceptors (Lipinski definition) is 3. The van der Waals surface area contributed by atoms with E-state index in [1.807, 2.05) is 12.1 Å². The maximum Gasteiger partial charge on any atom is 0.128 e. The number of ether oxygens (including phenoxy) is 2. The fraction of sp³-hybridized carbons (Fsp3) is 0.571. The van der Waals surface area contributed by atoms with Crippen molar-refractivity contribution in [1.29, 1.82) is 0 Å². The molecule has 17 heavy (non-hydrogen) atoms. The molecule has 0 unspecified atom stereocenters. The van der Waals surface area contributed by atoms with Crippen LogP contribution in [0.5, 0.6) is 11.5 Å². The molecule has 0 aliphatic heterocycles. The lowest BCUT2D eigenvalue weighted by Gasteiger charge is -2.16. The lowest BCUT2D eigenvalue weighted by molar-refractivity contribution is 0.381. The predicted octanol–water partition coefficient (Wildman–Crippen LogP) is 2.44. The van der Waals surface area contributed by atoms with Gasteiger partial charge in [-0.2, -0.15) is 0 Å². The van der Waals surface area contributed by atoms with Gasteiger partial charge in [0.15, 0.2) is 0 Å². The fourth-order valence-electron chi connectivity index (χ4n) is 2.22. The van der Waals surface area contributed by atoms with Gasteiger partial charge in [-0.3, -0.25) is 0 Å². The summed E-state index contributed by atoms with van der Waals surface area (Å²) in [5, 5.41) is 0. The summed E-state index contributed by atoms with van der Waals surface area (Å²) in [5.74, 6) is 1.84. The average Bonchev–Trinajstić information content (AvgIpc) is 3.05. The van der Waals surface area contributed by atoms with E-state index in [2.05, 4.69) is 6.92 Å². The van der Waals surface area contributed by atoms with Gasteiger partial charge in [0, 0.05) is 11.1 Å². The van der Waals surface area contributed by atoms with Crippen molar-refractivity contribution in [3.05, 3.63) is 23.3 Å². The molecule has 0 atom stereocenters. The second-order valence-electron chi connectivity index (χ2n) is 4.96. The first-order valence-corrected chi connectivity index (χ1v) is 6.09. The average molecular weight is 235 g/mol. The summed E-state index contributed by atoms with van der Waals surface area (Å²) in [6, 6.07) is 4.03. The molecule has 94 valence electrons. The van der Waals surface area contributed by atoms with Gasteiger partial charge in [-0.05, 0) is 44.2 Å². The molecular formula is C14H21NO2. The van der Waals surface area contributed by atoms with E-state index in [1.165, 1.54) is 0 Å². The highest BCUT2D eigenvalue weighted by Crippen LogP contribution is 2.40. The van der Waals surface area contributed by atoms with Crippen LogP contribution in [0.15, 0.2) is 12.1 Å². The van der Waals surface area contributed by atoms with E-state index in [0.29, 0.717) is 0 Å². The van der Waals surface area contributed by atoms with Gasteiger partial charge in [-0.1, -0.05) is 6.07 Å². The summed E-state index contributed by atoms with van der Waals surface area (Å²) in [5.41, 5.74) is 8.49. The monoisotopic (exact) mass is 235 g/mol. The van der Waals surface area contributed by atoms with Crippen molar-refractivity contribution < 1.29 is 9.47 Å². The second kappa shape index (κ2) is 4.57. The number of methoxy groups -OCH3 is 2. The Kier molecular flexibility index (Phi) is 3.29. The van der Waals surface area contributed by atoms with Crippen LogP contribution >= 0.6 is 0 Å². The van der Waals surface area contributed by atoms with Crippen molar-refractivity contribution >= 4 is 0 Å². The smallest absolute Gasteiger partial charge is 0.128 e. The van der Waals surface area contributed by atoms with Crippen molar-refractivity contribution in [2.75, 3.05) is 14.2 Å². The highest BCUT2D eigenvalue weighted by atomic mass is 16.5. The number of nitrogens with two attached hydrogens (primary N) is 1. The maximum atomic E-state index is 6.13. The Hall–Kier alpha value is -1.22. The van der Waals surface area contributed by atoms with E-state index >= 15 is 0 Å². The summed E-state index contributed by atoms with van der Waals surface area (Å²) in [6.07, 6.45) is 4.21. The van der Waals surface area contributed by atoms with Crippen LogP contribution in [0.1, 0.15) is 30.4 Å². The zero-order valence-electron chi connectivity index (χ0n) is 10.9. The Labute approximate surface area is 103 Å². The predicted molar refractivity (Wildman–Crippen MR) is 68.8 cm³/mol. The first kappa shape index (κ1) is 12.2. The number of rotatable bonds is 5. The summed E-state index contributed by atoms with van der Waals surface area (Å²) in [4.78, 5) is 0. The molecule has 1 fully saturated rings. The molecule has 3 heteroatoms. The third-order valence-electron chi connectivity index (χ3n) is 3.60. The summed E-state index contributed by atoms with van der Waals surface area (Å²) < 4.78 is 10.9. The third-order valence-corrected chi connectivity index (χ3v) is 3.60. The van der Waals surface area contributed by atoms with Crippen LogP contribution < -0.4 is 15.2 Å². The molecule has 3 nitrogen and oxygen atoms in total. The van der Waals surface area contributed by atoms with Gasteiger partial charge < -0.3 is 15.2 Å². The molecule has 1 saturated carbocycles. The largest absolute Gasteiger partial charge is 0.496 e. The molecule has 0 radical (unpaired) electrons. The van der Waals surface area contributed by atoms with E-state index in [9.17, 15) is 0 Å². The second-order valence-corrected chi connectivity index (χ2v) is 4.96. The van der Waals surface area contributed by atoms with Gasteiger partial charge in [-0.15, -0.1) is 0 Å². The molecule has 0 amide bonds. The minimum Gasteiger partial charge on any atom is -0.496 e. The quantitative estimate of drug-likeness (QED) is 0.852. The van der Waals surface area contributed by atoms with Crippen LogP contribution in [0.4, 0.5) is 0 Å². The van der Waals surface area contributed by atoms with E-state index in [-0.39, 0.29) is 5.54 Å². The minimum absolute atomic E-state index is 0.0692. The minimum atomic E-state index is 0.0692. The summed E-state index contributed by atoms with van der Waals surface area (Å²) in [6.45, 7) is 2.05. The molecule has 1 aliphatic rings. The van der Waals surface area contributed by atoms with Crippen LogP contribution in [0, 0.1) is 6.92 Å². The fourth-order valence-corrected chi connectivity index (χ4v) is 2.22. The van der Waals surface area contributed by atoms with Crippen molar-refractivity contribution in [2.24, 2.45) is 5.73 Å². The van der Waals surface area contributed by atoms with Crippen molar-refractivity contribution in [1.82, 2.24) is 0 Å². The van der Waals surface area contributed by atoms with E-state index in [1.54, 1.807) is 14.2 Å². The lowest BCUT2D eigenvalue weighted by atomic mass is 10.00. The first-order valence-electron chi connectivity index (χ1n) is 6.09. The van der Waals surface area contributed by atoms with Gasteiger partial charge in [-0.25, -0.2) is 0 Å². The van der Waals surface area contributed by atoms with Gasteiger partial charge in [0.05, 0.1) is 14.2 Å². The standard InChI is InChI=1S/C14H21NO2/c1-10-4-5-12(16-2)11(13(10)17-3)6-7-14(15)8-9-14/h4-5H,6-9,15H2,1-3H3. The topological polar surface area (TPSA) is 44.5 Å². The van der Waals surface area contributed by atoms with Gasteiger partial charge in [0.25, 0.3) is 0 Å². The summed E-state index contributed by atoms with van der Waals surface area (Å²) in [7, 11) is 3.41. The lowest BCUT2D eigenvalue weighted by Crippen LogP contribution is -2.22. The zero-order valence-corrected chi connectivity index (χ0v) is 10.9. The molecule has 1 aromatic rings.